The van der Waals surface area contributed by atoms with Crippen LogP contribution in [0, 0.1) is 11.8 Å². The Morgan fingerprint density at radius 2 is 1.90 bits per heavy atom. The Morgan fingerprint density at radius 1 is 1.06 bits per heavy atom. The summed E-state index contributed by atoms with van der Waals surface area (Å²) in [5.41, 5.74) is 9.52. The van der Waals surface area contributed by atoms with Crippen molar-refractivity contribution in [1.29, 1.82) is 0 Å². The molecule has 1 aliphatic carbocycles. The summed E-state index contributed by atoms with van der Waals surface area (Å²) < 4.78 is 0. The zero-order chi connectivity index (χ0) is 20.0. The van der Waals surface area contributed by atoms with Crippen LogP contribution in [-0.4, -0.2) is 45.8 Å². The van der Waals surface area contributed by atoms with Gasteiger partial charge >= 0.3 is 0 Å². The van der Waals surface area contributed by atoms with E-state index >= 15 is 0 Å². The lowest BCUT2D eigenvalue weighted by atomic mass is 9.98. The smallest absolute Gasteiger partial charge is 0.255 e. The van der Waals surface area contributed by atoms with Gasteiger partial charge in [0.25, 0.3) is 11.8 Å². The number of nitrogens with zero attached hydrogens (tertiary/aromatic N) is 2. The zero-order valence-electron chi connectivity index (χ0n) is 16.8. The van der Waals surface area contributed by atoms with Gasteiger partial charge in [-0.05, 0) is 61.1 Å². The van der Waals surface area contributed by atoms with E-state index in [0.29, 0.717) is 28.7 Å². The van der Waals surface area contributed by atoms with Gasteiger partial charge in [-0.1, -0.05) is 6.07 Å². The van der Waals surface area contributed by atoms with Crippen molar-refractivity contribution in [3.63, 3.8) is 0 Å². The van der Waals surface area contributed by atoms with Gasteiger partial charge in [-0.15, -0.1) is 24.8 Å². The van der Waals surface area contributed by atoms with Crippen molar-refractivity contribution in [2.24, 2.45) is 17.6 Å². The molecular weight excluding hydrogens is 437 g/mol. The first-order chi connectivity index (χ1) is 14.1. The van der Waals surface area contributed by atoms with Crippen molar-refractivity contribution >= 4 is 53.3 Å². The lowest BCUT2D eigenvalue weighted by Crippen LogP contribution is -2.33. The van der Waals surface area contributed by atoms with Gasteiger partial charge in [0.1, 0.15) is 0 Å². The molecule has 1 saturated heterocycles. The topological polar surface area (TPSA) is 104 Å². The van der Waals surface area contributed by atoms with Crippen LogP contribution in [0.25, 0.3) is 11.0 Å². The third kappa shape index (κ3) is 4.39. The van der Waals surface area contributed by atoms with E-state index in [1.165, 1.54) is 0 Å². The number of carbonyl (C=O) groups is 2. The van der Waals surface area contributed by atoms with Crippen LogP contribution >= 0.6 is 24.8 Å². The number of hydrogen-bond donors (Lipinski definition) is 3. The molecule has 3 atom stereocenters. The quantitative estimate of drug-likeness (QED) is 0.555. The zero-order valence-corrected chi connectivity index (χ0v) is 18.4. The van der Waals surface area contributed by atoms with Gasteiger partial charge in [-0.3, -0.25) is 9.59 Å². The highest BCUT2D eigenvalue weighted by molar-refractivity contribution is 6.06. The van der Waals surface area contributed by atoms with Crippen LogP contribution in [0.4, 0.5) is 5.69 Å². The minimum absolute atomic E-state index is 0. The Balaban J connectivity index is 0.00000136. The summed E-state index contributed by atoms with van der Waals surface area (Å²) in [6.07, 6.45) is 3.76. The highest BCUT2D eigenvalue weighted by Crippen LogP contribution is 2.37. The van der Waals surface area contributed by atoms with Crippen LogP contribution in [-0.2, 0) is 0 Å². The maximum absolute atomic E-state index is 13.0. The van der Waals surface area contributed by atoms with Gasteiger partial charge in [0.05, 0.1) is 17.4 Å². The first kappa shape index (κ1) is 23.1. The molecule has 1 saturated carbocycles. The Hall–Kier alpha value is -2.61. The molecule has 3 unspecified atom stereocenters. The van der Waals surface area contributed by atoms with Crippen molar-refractivity contribution < 1.29 is 9.59 Å². The maximum Gasteiger partial charge on any atom is 0.255 e. The highest BCUT2D eigenvalue weighted by atomic mass is 35.5. The molecule has 1 aromatic heterocycles. The number of amides is 2. The molecule has 0 bridgehead atoms. The number of anilines is 1. The van der Waals surface area contributed by atoms with Crippen LogP contribution in [0.3, 0.4) is 0 Å². The number of nitrogens with one attached hydrogen (secondary N) is 2. The van der Waals surface area contributed by atoms with E-state index in [1.54, 1.807) is 48.8 Å². The van der Waals surface area contributed by atoms with Gasteiger partial charge in [0, 0.05) is 35.9 Å². The Bertz CT molecular complexity index is 1100. The van der Waals surface area contributed by atoms with Crippen LogP contribution < -0.4 is 11.1 Å². The van der Waals surface area contributed by atoms with Gasteiger partial charge in [-0.25, -0.2) is 4.98 Å². The number of aromatic amines is 1. The van der Waals surface area contributed by atoms with E-state index < -0.39 is 0 Å². The van der Waals surface area contributed by atoms with Gasteiger partial charge in [0.15, 0.2) is 0 Å². The molecule has 2 fully saturated rings. The lowest BCUT2D eigenvalue weighted by molar-refractivity contribution is 0.0779. The van der Waals surface area contributed by atoms with Crippen LogP contribution in [0.5, 0.6) is 0 Å². The third-order valence-electron chi connectivity index (χ3n) is 6.25. The average Bonchev–Trinajstić information content (AvgIpc) is 3.44. The van der Waals surface area contributed by atoms with Crippen LogP contribution in [0.15, 0.2) is 48.8 Å². The number of H-pyrrole nitrogens is 1. The summed E-state index contributed by atoms with van der Waals surface area (Å²) in [5.74, 6) is 0.711. The predicted octanol–water partition coefficient (Wildman–Crippen LogP) is 3.47. The van der Waals surface area contributed by atoms with Crippen LogP contribution in [0.1, 0.15) is 33.6 Å². The molecular formula is C22H25Cl2N5O2. The average molecular weight is 462 g/mol. The van der Waals surface area contributed by atoms with Gasteiger partial charge in [0.2, 0.25) is 0 Å². The molecule has 1 aliphatic heterocycles. The van der Waals surface area contributed by atoms with Crippen molar-refractivity contribution in [2.45, 2.75) is 18.9 Å². The summed E-state index contributed by atoms with van der Waals surface area (Å²) >= 11 is 0. The highest BCUT2D eigenvalue weighted by Gasteiger charge is 2.42. The summed E-state index contributed by atoms with van der Waals surface area (Å²) in [7, 11) is 0. The van der Waals surface area contributed by atoms with E-state index in [0.717, 1.165) is 37.0 Å². The predicted molar refractivity (Wildman–Crippen MR) is 125 cm³/mol. The Morgan fingerprint density at radius 3 is 2.71 bits per heavy atom. The van der Waals surface area contributed by atoms with E-state index in [1.807, 2.05) is 4.90 Å². The summed E-state index contributed by atoms with van der Waals surface area (Å²) in [5, 5.41) is 2.88. The monoisotopic (exact) mass is 461 g/mol. The molecule has 3 aromatic rings. The largest absolute Gasteiger partial charge is 0.345 e. The van der Waals surface area contributed by atoms with Crippen molar-refractivity contribution in [3.05, 3.63) is 59.9 Å². The summed E-state index contributed by atoms with van der Waals surface area (Å²) in [4.78, 5) is 34.7. The number of hydrogen-bond acceptors (Lipinski definition) is 4. The van der Waals surface area contributed by atoms with Crippen LogP contribution in [0.2, 0.25) is 0 Å². The minimum atomic E-state index is -0.229. The van der Waals surface area contributed by atoms with Gasteiger partial charge in [-0.2, -0.15) is 0 Å². The molecule has 2 aliphatic rings. The van der Waals surface area contributed by atoms with Crippen molar-refractivity contribution in [2.75, 3.05) is 18.4 Å². The molecule has 5 rings (SSSR count). The van der Waals surface area contributed by atoms with Crippen molar-refractivity contribution in [1.82, 2.24) is 14.9 Å². The fraction of sp³-hybridized carbons (Fsp3) is 0.318. The minimum Gasteiger partial charge on any atom is -0.345 e. The number of fused-ring (bicyclic) bond motifs is 2. The summed E-state index contributed by atoms with van der Waals surface area (Å²) in [6.45, 7) is 1.50. The molecule has 31 heavy (non-hydrogen) atoms. The number of carbonyl (C=O) groups excluding carboxylic acids is 2. The number of imidazole rings is 1. The normalized spacial score (nSPS) is 21.8. The number of rotatable bonds is 3. The van der Waals surface area contributed by atoms with E-state index in [9.17, 15) is 9.59 Å². The standard InChI is InChI=1S/C22H23N5O2.2ClH/c23-18-6-4-15-10-27(11-17(15)18)22(29)14-2-1-3-16(8-14)26-21(28)13-5-7-19-20(9-13)25-12-24-19;;/h1-3,5,7-9,12,15,17-18H,4,6,10-11,23H2,(H,24,25)(H,26,28);2*1H. The van der Waals surface area contributed by atoms with E-state index in [-0.39, 0.29) is 42.7 Å². The second-order valence-corrected chi connectivity index (χ2v) is 8.04. The number of benzene rings is 2. The fourth-order valence-corrected chi connectivity index (χ4v) is 4.67. The van der Waals surface area contributed by atoms with E-state index in [2.05, 4.69) is 15.3 Å². The second kappa shape index (κ2) is 9.26. The third-order valence-corrected chi connectivity index (χ3v) is 6.25. The number of aromatic nitrogens is 2. The molecule has 4 N–H and O–H groups in total. The molecule has 2 heterocycles. The molecule has 2 amide bonds. The number of halogens is 2. The molecule has 164 valence electrons. The Labute approximate surface area is 192 Å². The van der Waals surface area contributed by atoms with Gasteiger partial charge < -0.3 is 20.9 Å². The lowest BCUT2D eigenvalue weighted by Gasteiger charge is -2.19. The first-order valence-corrected chi connectivity index (χ1v) is 9.98. The second-order valence-electron chi connectivity index (χ2n) is 8.04. The maximum atomic E-state index is 13.0. The molecule has 0 radical (unpaired) electrons. The molecule has 2 aromatic carbocycles. The number of likely N-dealkylation sites (tertiary alicyclic amines) is 1. The first-order valence-electron chi connectivity index (χ1n) is 9.98. The molecule has 9 heteroatoms. The summed E-state index contributed by atoms with van der Waals surface area (Å²) in [6, 6.07) is 12.6. The van der Waals surface area contributed by atoms with Crippen molar-refractivity contribution in [3.8, 4) is 0 Å². The Kier molecular flexibility index (Phi) is 6.89. The SMILES string of the molecule is Cl.Cl.NC1CCC2CN(C(=O)c3cccc(NC(=O)c4ccc5nc[nH]c5c4)c3)CC12. The number of nitrogens with two attached hydrogens (primary N) is 1. The molecule has 0 spiro atoms. The molecule has 7 nitrogen and oxygen atoms in total. The van der Waals surface area contributed by atoms with E-state index in [4.69, 9.17) is 5.73 Å². The fourth-order valence-electron chi connectivity index (χ4n) is 4.67.